The minimum absolute atomic E-state index is 0.107. The lowest BCUT2D eigenvalue weighted by atomic mass is 10.1. The van der Waals surface area contributed by atoms with Crippen molar-refractivity contribution in [2.24, 2.45) is 0 Å². The van der Waals surface area contributed by atoms with Gasteiger partial charge in [0.15, 0.2) is 0 Å². The fraction of sp³-hybridized carbons (Fsp3) is 0.240. The van der Waals surface area contributed by atoms with E-state index in [0.29, 0.717) is 24.3 Å². The Balaban J connectivity index is 1.45. The molecule has 7 nitrogen and oxygen atoms in total. The number of nitrogens with zero attached hydrogens (tertiary/aromatic N) is 2. The lowest BCUT2D eigenvalue weighted by molar-refractivity contribution is 0.0747. The maximum Gasteiger partial charge on any atom is 0.261 e. The number of carbonyl (C=O) groups is 1. The first-order valence-corrected chi connectivity index (χ1v) is 12.2. The van der Waals surface area contributed by atoms with Crippen LogP contribution in [0.1, 0.15) is 15.9 Å². The fourth-order valence-electron chi connectivity index (χ4n) is 3.81. The molecule has 1 aliphatic heterocycles. The Morgan fingerprint density at radius 3 is 2.21 bits per heavy atom. The zero-order valence-electron chi connectivity index (χ0n) is 18.7. The molecule has 0 saturated carbocycles. The van der Waals surface area contributed by atoms with Crippen molar-refractivity contribution in [1.29, 1.82) is 0 Å². The van der Waals surface area contributed by atoms with Crippen molar-refractivity contribution in [3.63, 3.8) is 0 Å². The van der Waals surface area contributed by atoms with Crippen LogP contribution in [0.15, 0.2) is 77.7 Å². The number of rotatable bonds is 6. The van der Waals surface area contributed by atoms with E-state index in [0.717, 1.165) is 30.1 Å². The highest BCUT2D eigenvalue weighted by atomic mass is 32.2. The van der Waals surface area contributed by atoms with E-state index >= 15 is 0 Å². The summed E-state index contributed by atoms with van der Waals surface area (Å²) in [6.45, 7) is 4.42. The molecular formula is C25H27N3O4S. The number of amides is 1. The third-order valence-electron chi connectivity index (χ3n) is 5.79. The Labute approximate surface area is 194 Å². The number of sulfonamides is 1. The van der Waals surface area contributed by atoms with Gasteiger partial charge in [-0.05, 0) is 61.0 Å². The number of nitrogens with one attached hydrogen (secondary N) is 1. The molecule has 0 atom stereocenters. The molecule has 1 amide bonds. The molecule has 0 aromatic heterocycles. The minimum Gasteiger partial charge on any atom is -0.497 e. The van der Waals surface area contributed by atoms with Crippen molar-refractivity contribution in [3.8, 4) is 5.75 Å². The highest BCUT2D eigenvalue weighted by Gasteiger charge is 2.23. The van der Waals surface area contributed by atoms with Crippen LogP contribution < -0.4 is 14.4 Å². The summed E-state index contributed by atoms with van der Waals surface area (Å²) >= 11 is 0. The van der Waals surface area contributed by atoms with Crippen molar-refractivity contribution in [2.75, 3.05) is 42.9 Å². The van der Waals surface area contributed by atoms with E-state index in [1.807, 2.05) is 31.2 Å². The smallest absolute Gasteiger partial charge is 0.261 e. The molecule has 1 aliphatic rings. The van der Waals surface area contributed by atoms with Gasteiger partial charge in [-0.2, -0.15) is 0 Å². The molecule has 0 aliphatic carbocycles. The van der Waals surface area contributed by atoms with Gasteiger partial charge in [0, 0.05) is 37.4 Å². The summed E-state index contributed by atoms with van der Waals surface area (Å²) in [7, 11) is -2.10. The molecule has 3 aromatic carbocycles. The second-order valence-corrected chi connectivity index (χ2v) is 9.61. The van der Waals surface area contributed by atoms with Gasteiger partial charge in [0.2, 0.25) is 0 Å². The highest BCUT2D eigenvalue weighted by Crippen LogP contribution is 2.24. The number of hydrogen-bond donors (Lipinski definition) is 1. The quantitative estimate of drug-likeness (QED) is 0.600. The minimum atomic E-state index is -3.74. The molecule has 0 bridgehead atoms. The number of benzene rings is 3. The van der Waals surface area contributed by atoms with Gasteiger partial charge in [-0.15, -0.1) is 0 Å². The first-order chi connectivity index (χ1) is 15.9. The third kappa shape index (κ3) is 5.12. The van der Waals surface area contributed by atoms with Gasteiger partial charge in [-0.1, -0.05) is 24.3 Å². The summed E-state index contributed by atoms with van der Waals surface area (Å²) in [6.07, 6.45) is 0. The average Bonchev–Trinajstić information content (AvgIpc) is 2.85. The number of aryl methyl sites for hydroxylation is 1. The highest BCUT2D eigenvalue weighted by molar-refractivity contribution is 7.92. The molecule has 1 N–H and O–H groups in total. The predicted molar refractivity (Wildman–Crippen MR) is 130 cm³/mol. The van der Waals surface area contributed by atoms with Crippen LogP contribution >= 0.6 is 0 Å². The number of anilines is 2. The standard InChI is InChI=1S/C25H27N3O4S/c1-19-8-9-20(18-24(19)26-33(30,31)23-6-4-3-5-7-23)25(29)28-16-14-27(15-17-28)21-10-12-22(32-2)13-11-21/h3-13,18,26H,14-17H2,1-2H3. The topological polar surface area (TPSA) is 79.0 Å². The molecule has 1 saturated heterocycles. The Morgan fingerprint density at radius 1 is 0.909 bits per heavy atom. The van der Waals surface area contributed by atoms with Gasteiger partial charge >= 0.3 is 0 Å². The van der Waals surface area contributed by atoms with Crippen molar-refractivity contribution >= 4 is 27.3 Å². The van der Waals surface area contributed by atoms with Gasteiger partial charge in [0.25, 0.3) is 15.9 Å². The van der Waals surface area contributed by atoms with Crippen LogP contribution in [0.2, 0.25) is 0 Å². The summed E-state index contributed by atoms with van der Waals surface area (Å²) in [6, 6.07) is 21.2. The second-order valence-electron chi connectivity index (χ2n) is 7.93. The first-order valence-electron chi connectivity index (χ1n) is 10.7. The van der Waals surface area contributed by atoms with Crippen molar-refractivity contribution in [1.82, 2.24) is 4.90 Å². The van der Waals surface area contributed by atoms with E-state index < -0.39 is 10.0 Å². The molecule has 4 rings (SSSR count). The van der Waals surface area contributed by atoms with Crippen molar-refractivity contribution < 1.29 is 17.9 Å². The Kier molecular flexibility index (Phi) is 6.55. The molecule has 172 valence electrons. The number of hydrogen-bond acceptors (Lipinski definition) is 5. The molecule has 1 heterocycles. The van der Waals surface area contributed by atoms with Gasteiger partial charge in [0.05, 0.1) is 17.7 Å². The van der Waals surface area contributed by atoms with Gasteiger partial charge in [-0.3, -0.25) is 9.52 Å². The van der Waals surface area contributed by atoms with Crippen LogP contribution in [0, 0.1) is 6.92 Å². The molecule has 33 heavy (non-hydrogen) atoms. The van der Waals surface area contributed by atoms with E-state index in [4.69, 9.17) is 4.74 Å². The third-order valence-corrected chi connectivity index (χ3v) is 7.17. The Morgan fingerprint density at radius 2 is 1.58 bits per heavy atom. The predicted octanol–water partition coefficient (Wildman–Crippen LogP) is 3.77. The summed E-state index contributed by atoms with van der Waals surface area (Å²) in [5.41, 5.74) is 2.71. The lowest BCUT2D eigenvalue weighted by Crippen LogP contribution is -2.48. The Bertz CT molecular complexity index is 1220. The van der Waals surface area contributed by atoms with Crippen LogP contribution in [0.4, 0.5) is 11.4 Å². The van der Waals surface area contributed by atoms with E-state index in [1.165, 1.54) is 12.1 Å². The maximum absolute atomic E-state index is 13.1. The second kappa shape index (κ2) is 9.54. The molecule has 1 fully saturated rings. The SMILES string of the molecule is COc1ccc(N2CCN(C(=O)c3ccc(C)c(NS(=O)(=O)c4ccccc4)c3)CC2)cc1. The average molecular weight is 466 g/mol. The zero-order chi connectivity index (χ0) is 23.4. The molecule has 8 heteroatoms. The monoisotopic (exact) mass is 465 g/mol. The normalized spacial score (nSPS) is 14.1. The molecule has 3 aromatic rings. The lowest BCUT2D eigenvalue weighted by Gasteiger charge is -2.36. The van der Waals surface area contributed by atoms with E-state index in [1.54, 1.807) is 48.4 Å². The van der Waals surface area contributed by atoms with Crippen LogP contribution in [0.5, 0.6) is 5.75 Å². The Hall–Kier alpha value is -3.52. The van der Waals surface area contributed by atoms with Crippen LogP contribution in [0.3, 0.4) is 0 Å². The van der Waals surface area contributed by atoms with Gasteiger partial charge < -0.3 is 14.5 Å². The van der Waals surface area contributed by atoms with Gasteiger partial charge in [0.1, 0.15) is 5.75 Å². The number of methoxy groups -OCH3 is 1. The molecule has 0 spiro atoms. The van der Waals surface area contributed by atoms with E-state index in [-0.39, 0.29) is 10.8 Å². The van der Waals surface area contributed by atoms with Crippen LogP contribution in [-0.2, 0) is 10.0 Å². The summed E-state index contributed by atoms with van der Waals surface area (Å²) < 4.78 is 33.3. The number of ether oxygens (including phenoxy) is 1. The zero-order valence-corrected chi connectivity index (χ0v) is 19.5. The molecule has 0 unspecified atom stereocenters. The number of carbonyl (C=O) groups excluding carboxylic acids is 1. The number of piperazine rings is 1. The van der Waals surface area contributed by atoms with Crippen molar-refractivity contribution in [2.45, 2.75) is 11.8 Å². The van der Waals surface area contributed by atoms with Gasteiger partial charge in [-0.25, -0.2) is 8.42 Å². The van der Waals surface area contributed by atoms with E-state index in [9.17, 15) is 13.2 Å². The van der Waals surface area contributed by atoms with E-state index in [2.05, 4.69) is 9.62 Å². The van der Waals surface area contributed by atoms with Crippen LogP contribution in [-0.4, -0.2) is 52.5 Å². The largest absolute Gasteiger partial charge is 0.497 e. The summed E-state index contributed by atoms with van der Waals surface area (Å²) in [5.74, 6) is 0.704. The summed E-state index contributed by atoms with van der Waals surface area (Å²) in [5, 5.41) is 0. The first kappa shape index (κ1) is 22.7. The molecular weight excluding hydrogens is 438 g/mol. The van der Waals surface area contributed by atoms with Crippen LogP contribution in [0.25, 0.3) is 0 Å². The molecule has 0 radical (unpaired) electrons. The fourth-order valence-corrected chi connectivity index (χ4v) is 4.95. The summed E-state index contributed by atoms with van der Waals surface area (Å²) in [4.78, 5) is 17.4. The van der Waals surface area contributed by atoms with Crippen molar-refractivity contribution in [3.05, 3.63) is 83.9 Å². The maximum atomic E-state index is 13.1.